The van der Waals surface area contributed by atoms with Crippen molar-refractivity contribution in [2.24, 2.45) is 0 Å². The van der Waals surface area contributed by atoms with Gasteiger partial charge in [0.25, 0.3) is 0 Å². The second-order valence-corrected chi connectivity index (χ2v) is 8.38. The van der Waals surface area contributed by atoms with Gasteiger partial charge in [0.15, 0.2) is 5.82 Å². The van der Waals surface area contributed by atoms with Crippen molar-refractivity contribution in [1.29, 1.82) is 0 Å². The lowest BCUT2D eigenvalue weighted by atomic mass is 10.2. The highest BCUT2D eigenvalue weighted by Crippen LogP contribution is 2.30. The molecule has 2 aromatic heterocycles. The lowest BCUT2D eigenvalue weighted by molar-refractivity contribution is 0.108. The van der Waals surface area contributed by atoms with E-state index < -0.39 is 0 Å². The van der Waals surface area contributed by atoms with E-state index in [1.165, 1.54) is 0 Å². The van der Waals surface area contributed by atoms with Crippen LogP contribution in [-0.2, 0) is 17.7 Å². The number of hydrogen-bond acceptors (Lipinski definition) is 6. The third-order valence-corrected chi connectivity index (χ3v) is 6.52. The standard InChI is InChI=1S/C20H23N5O3S/c1-27-14-6-4-13(5-7-14)18-22-20-25(23-18)16-8-9-24(12-17(16)29-20)19(26)21-11-15-3-2-10-28-15/h4-7,15H,2-3,8-12H2,1H3,(H,21,26)/t15-/m0/s1. The fourth-order valence-corrected chi connectivity index (χ4v) is 4.96. The number of aromatic nitrogens is 3. The Kier molecular flexibility index (Phi) is 4.84. The number of nitrogens with zero attached hydrogens (tertiary/aromatic N) is 4. The predicted molar refractivity (Wildman–Crippen MR) is 109 cm³/mol. The average molecular weight is 414 g/mol. The summed E-state index contributed by atoms with van der Waals surface area (Å²) in [7, 11) is 1.65. The summed E-state index contributed by atoms with van der Waals surface area (Å²) in [6, 6.07) is 7.72. The molecular formula is C20H23N5O3S. The molecular weight excluding hydrogens is 390 g/mol. The summed E-state index contributed by atoms with van der Waals surface area (Å²) >= 11 is 1.61. The van der Waals surface area contributed by atoms with Crippen molar-refractivity contribution in [3.05, 3.63) is 34.8 Å². The Balaban J connectivity index is 1.29. The molecule has 0 aliphatic carbocycles. The van der Waals surface area contributed by atoms with Crippen LogP contribution in [0.4, 0.5) is 4.79 Å². The Hall–Kier alpha value is -2.65. The Labute approximate surface area is 172 Å². The van der Waals surface area contributed by atoms with E-state index in [4.69, 9.17) is 19.6 Å². The topological polar surface area (TPSA) is 81.0 Å². The molecule has 3 aromatic rings. The Morgan fingerprint density at radius 2 is 2.24 bits per heavy atom. The lowest BCUT2D eigenvalue weighted by Gasteiger charge is -2.27. The van der Waals surface area contributed by atoms with Crippen LogP contribution in [0.5, 0.6) is 5.75 Å². The number of carbonyl (C=O) groups is 1. The molecule has 5 rings (SSSR count). The van der Waals surface area contributed by atoms with E-state index in [2.05, 4.69) is 5.32 Å². The van der Waals surface area contributed by atoms with Crippen LogP contribution in [0.15, 0.2) is 24.3 Å². The highest BCUT2D eigenvalue weighted by molar-refractivity contribution is 7.17. The summed E-state index contributed by atoms with van der Waals surface area (Å²) in [5.41, 5.74) is 2.11. The van der Waals surface area contributed by atoms with Crippen LogP contribution in [-0.4, -0.2) is 58.4 Å². The van der Waals surface area contributed by atoms with Crippen molar-refractivity contribution in [3.63, 3.8) is 0 Å². The zero-order valence-corrected chi connectivity index (χ0v) is 17.1. The third-order valence-electron chi connectivity index (χ3n) is 5.46. The van der Waals surface area contributed by atoms with E-state index >= 15 is 0 Å². The number of amides is 2. The molecule has 2 aliphatic rings. The number of benzene rings is 1. The molecule has 0 unspecified atom stereocenters. The molecule has 8 nitrogen and oxygen atoms in total. The maximum atomic E-state index is 12.5. The van der Waals surface area contributed by atoms with Gasteiger partial charge in [0, 0.05) is 36.6 Å². The monoisotopic (exact) mass is 413 g/mol. The van der Waals surface area contributed by atoms with E-state index in [0.29, 0.717) is 25.5 Å². The number of hydrogen-bond donors (Lipinski definition) is 1. The zero-order valence-electron chi connectivity index (χ0n) is 16.3. The van der Waals surface area contributed by atoms with Crippen LogP contribution in [0.25, 0.3) is 16.3 Å². The molecule has 0 radical (unpaired) electrons. The van der Waals surface area contributed by atoms with Gasteiger partial charge in [0.1, 0.15) is 5.75 Å². The number of methoxy groups -OCH3 is 1. The molecule has 1 N–H and O–H groups in total. The maximum Gasteiger partial charge on any atom is 0.317 e. The van der Waals surface area contributed by atoms with Crippen molar-refractivity contribution in [2.75, 3.05) is 26.8 Å². The Morgan fingerprint density at radius 1 is 1.38 bits per heavy atom. The summed E-state index contributed by atoms with van der Waals surface area (Å²) in [5.74, 6) is 1.52. The van der Waals surface area contributed by atoms with Gasteiger partial charge >= 0.3 is 6.03 Å². The van der Waals surface area contributed by atoms with Crippen molar-refractivity contribution in [3.8, 4) is 17.1 Å². The third kappa shape index (κ3) is 3.56. The van der Waals surface area contributed by atoms with Gasteiger partial charge in [0.05, 0.1) is 25.5 Å². The minimum atomic E-state index is -0.0240. The maximum absolute atomic E-state index is 12.5. The number of carbonyl (C=O) groups excluding carboxylic acids is 1. The summed E-state index contributed by atoms with van der Waals surface area (Å²) in [4.78, 5) is 21.1. The summed E-state index contributed by atoms with van der Waals surface area (Å²) in [6.07, 6.45) is 3.03. The van der Waals surface area contributed by atoms with Crippen molar-refractivity contribution in [1.82, 2.24) is 24.8 Å². The molecule has 9 heteroatoms. The molecule has 4 heterocycles. The van der Waals surface area contributed by atoms with Crippen LogP contribution in [0.2, 0.25) is 0 Å². The number of nitrogens with one attached hydrogen (secondary N) is 1. The van der Waals surface area contributed by atoms with Crippen LogP contribution in [0, 0.1) is 0 Å². The van der Waals surface area contributed by atoms with Crippen molar-refractivity contribution >= 4 is 22.3 Å². The van der Waals surface area contributed by atoms with Gasteiger partial charge in [-0.3, -0.25) is 0 Å². The number of thiazole rings is 1. The molecule has 1 saturated heterocycles. The highest BCUT2D eigenvalue weighted by atomic mass is 32.1. The van der Waals surface area contributed by atoms with Crippen LogP contribution in [0.3, 0.4) is 0 Å². The van der Waals surface area contributed by atoms with Crippen LogP contribution < -0.4 is 10.1 Å². The molecule has 0 spiro atoms. The van der Waals surface area contributed by atoms with E-state index in [1.54, 1.807) is 18.4 Å². The number of fused-ring (bicyclic) bond motifs is 3. The van der Waals surface area contributed by atoms with Gasteiger partial charge in [-0.15, -0.1) is 5.10 Å². The minimum absolute atomic E-state index is 0.0240. The zero-order chi connectivity index (χ0) is 19.8. The number of ether oxygens (including phenoxy) is 2. The number of rotatable bonds is 4. The van der Waals surface area contributed by atoms with Crippen molar-refractivity contribution < 1.29 is 14.3 Å². The first kappa shape index (κ1) is 18.4. The lowest BCUT2D eigenvalue weighted by Crippen LogP contribution is -2.44. The fraction of sp³-hybridized carbons (Fsp3) is 0.450. The SMILES string of the molecule is COc1ccc(-c2nc3sc4c(n3n2)CCN(C(=O)NC[C@@H]2CCCO2)C4)cc1. The molecule has 152 valence electrons. The van der Waals surface area contributed by atoms with E-state index in [0.717, 1.165) is 52.7 Å². The van der Waals surface area contributed by atoms with Crippen LogP contribution >= 0.6 is 11.3 Å². The Bertz CT molecular complexity index is 1020. The quantitative estimate of drug-likeness (QED) is 0.711. The van der Waals surface area contributed by atoms with Crippen molar-refractivity contribution in [2.45, 2.75) is 31.9 Å². The smallest absolute Gasteiger partial charge is 0.317 e. The average Bonchev–Trinajstić information content (AvgIpc) is 3.48. The fourth-order valence-electron chi connectivity index (χ4n) is 3.84. The second-order valence-electron chi connectivity index (χ2n) is 7.32. The predicted octanol–water partition coefficient (Wildman–Crippen LogP) is 2.71. The summed E-state index contributed by atoms with van der Waals surface area (Å²) in [5, 5.41) is 7.72. The number of urea groups is 1. The molecule has 1 fully saturated rings. The molecule has 1 atom stereocenters. The van der Waals surface area contributed by atoms with Gasteiger partial charge < -0.3 is 19.7 Å². The molecule has 0 saturated carbocycles. The van der Waals surface area contributed by atoms with Gasteiger partial charge in [-0.1, -0.05) is 11.3 Å². The van der Waals surface area contributed by atoms with Crippen LogP contribution in [0.1, 0.15) is 23.4 Å². The van der Waals surface area contributed by atoms with E-state index in [9.17, 15) is 4.79 Å². The first-order valence-corrected chi connectivity index (χ1v) is 10.7. The highest BCUT2D eigenvalue weighted by Gasteiger charge is 2.27. The van der Waals surface area contributed by atoms with E-state index in [-0.39, 0.29) is 12.1 Å². The minimum Gasteiger partial charge on any atom is -0.497 e. The second kappa shape index (κ2) is 7.64. The first-order chi connectivity index (χ1) is 14.2. The largest absolute Gasteiger partial charge is 0.497 e. The van der Waals surface area contributed by atoms with E-state index in [1.807, 2.05) is 33.7 Å². The van der Waals surface area contributed by atoms with Gasteiger partial charge in [-0.05, 0) is 37.1 Å². The van der Waals surface area contributed by atoms with Gasteiger partial charge in [-0.2, -0.15) is 4.98 Å². The molecule has 0 bridgehead atoms. The summed E-state index contributed by atoms with van der Waals surface area (Å²) in [6.45, 7) is 2.66. The first-order valence-electron chi connectivity index (χ1n) is 9.87. The molecule has 2 amide bonds. The van der Waals surface area contributed by atoms with Gasteiger partial charge in [-0.25, -0.2) is 9.31 Å². The molecule has 2 aliphatic heterocycles. The normalized spacial score (nSPS) is 18.8. The van der Waals surface area contributed by atoms with Gasteiger partial charge in [0.2, 0.25) is 4.96 Å². The summed E-state index contributed by atoms with van der Waals surface area (Å²) < 4.78 is 12.7. The molecule has 1 aromatic carbocycles. The Morgan fingerprint density at radius 3 is 3.00 bits per heavy atom. The molecule has 29 heavy (non-hydrogen) atoms.